The van der Waals surface area contributed by atoms with Crippen LogP contribution in [-0.4, -0.2) is 41.6 Å². The second-order valence-corrected chi connectivity index (χ2v) is 9.68. The number of anilines is 1. The summed E-state index contributed by atoms with van der Waals surface area (Å²) in [5, 5.41) is 2.83. The minimum atomic E-state index is -0.327. The predicted octanol–water partition coefficient (Wildman–Crippen LogP) is 4.38. The van der Waals surface area contributed by atoms with Gasteiger partial charge in [-0.25, -0.2) is 9.88 Å². The number of carbonyl (C=O) groups is 3. The van der Waals surface area contributed by atoms with E-state index in [1.54, 1.807) is 42.5 Å². The molecule has 7 nitrogen and oxygen atoms in total. The molecular weight excluding hydrogens is 470 g/mol. The SMILES string of the molecule is O=C(CSc1nc2ccc(N3C(=O)c4ccccc4C3=O)cc2s1)NCCOc1ccccc1. The Morgan fingerprint density at radius 3 is 2.41 bits per heavy atom. The van der Waals surface area contributed by atoms with E-state index in [0.717, 1.165) is 20.3 Å². The number of ether oxygens (including phenoxy) is 1. The summed E-state index contributed by atoms with van der Waals surface area (Å²) in [4.78, 5) is 43.4. The van der Waals surface area contributed by atoms with Gasteiger partial charge in [0.25, 0.3) is 11.8 Å². The number of hydrogen-bond donors (Lipinski definition) is 1. The number of aromatic nitrogens is 1. The Hall–Kier alpha value is -3.69. The molecule has 9 heteroatoms. The molecule has 3 aromatic carbocycles. The number of thiazole rings is 1. The Balaban J connectivity index is 1.18. The van der Waals surface area contributed by atoms with E-state index in [1.807, 2.05) is 30.3 Å². The van der Waals surface area contributed by atoms with Crippen LogP contribution in [0.5, 0.6) is 5.75 Å². The fourth-order valence-corrected chi connectivity index (χ4v) is 5.50. The van der Waals surface area contributed by atoms with Gasteiger partial charge in [0.05, 0.1) is 39.3 Å². The average molecular weight is 490 g/mol. The van der Waals surface area contributed by atoms with E-state index in [4.69, 9.17) is 4.74 Å². The standard InChI is InChI=1S/C25H19N3O4S2/c29-22(26-12-13-32-17-6-2-1-3-7-17)15-33-25-27-20-11-10-16(14-21(20)34-25)28-23(30)18-8-4-5-9-19(18)24(28)31/h1-11,14H,12-13,15H2,(H,26,29). The first-order valence-corrected chi connectivity index (χ1v) is 12.4. The molecule has 0 fully saturated rings. The number of thioether (sulfide) groups is 1. The van der Waals surface area contributed by atoms with Crippen molar-refractivity contribution < 1.29 is 19.1 Å². The molecule has 4 aromatic rings. The van der Waals surface area contributed by atoms with E-state index >= 15 is 0 Å². The van der Waals surface area contributed by atoms with Gasteiger partial charge in [-0.3, -0.25) is 14.4 Å². The highest BCUT2D eigenvalue weighted by atomic mass is 32.2. The van der Waals surface area contributed by atoms with Gasteiger partial charge in [0.1, 0.15) is 12.4 Å². The lowest BCUT2D eigenvalue weighted by molar-refractivity contribution is -0.118. The largest absolute Gasteiger partial charge is 0.492 e. The number of carbonyl (C=O) groups excluding carboxylic acids is 3. The molecule has 1 aliphatic heterocycles. The molecule has 0 saturated carbocycles. The maximum Gasteiger partial charge on any atom is 0.266 e. The van der Waals surface area contributed by atoms with E-state index < -0.39 is 0 Å². The van der Waals surface area contributed by atoms with Crippen LogP contribution in [-0.2, 0) is 4.79 Å². The molecule has 0 unspecified atom stereocenters. The first-order valence-electron chi connectivity index (χ1n) is 10.6. The topological polar surface area (TPSA) is 88.6 Å². The smallest absolute Gasteiger partial charge is 0.266 e. The predicted molar refractivity (Wildman–Crippen MR) is 133 cm³/mol. The summed E-state index contributed by atoms with van der Waals surface area (Å²) in [6.07, 6.45) is 0. The summed E-state index contributed by atoms with van der Waals surface area (Å²) in [7, 11) is 0. The van der Waals surface area contributed by atoms with E-state index in [-0.39, 0.29) is 23.5 Å². The second-order valence-electron chi connectivity index (χ2n) is 7.42. The quantitative estimate of drug-likeness (QED) is 0.224. The van der Waals surface area contributed by atoms with Crippen molar-refractivity contribution in [3.05, 3.63) is 83.9 Å². The number of amides is 3. The van der Waals surface area contributed by atoms with Gasteiger partial charge in [-0.15, -0.1) is 11.3 Å². The van der Waals surface area contributed by atoms with Crippen molar-refractivity contribution in [2.75, 3.05) is 23.8 Å². The number of nitrogens with zero attached hydrogens (tertiary/aromatic N) is 2. The third-order valence-corrected chi connectivity index (χ3v) is 7.33. The maximum absolute atomic E-state index is 12.8. The lowest BCUT2D eigenvalue weighted by Gasteiger charge is -2.13. The van der Waals surface area contributed by atoms with Crippen LogP contribution in [0.25, 0.3) is 10.2 Å². The second kappa shape index (κ2) is 9.66. The zero-order chi connectivity index (χ0) is 23.5. The summed E-state index contributed by atoms with van der Waals surface area (Å²) in [6, 6.07) is 21.5. The Labute approximate surface area is 203 Å². The minimum absolute atomic E-state index is 0.104. The number of imide groups is 1. The maximum atomic E-state index is 12.8. The fourth-order valence-electron chi connectivity index (χ4n) is 3.57. The van der Waals surface area contributed by atoms with Gasteiger partial charge >= 0.3 is 0 Å². The molecule has 1 aliphatic rings. The van der Waals surface area contributed by atoms with Crippen LogP contribution < -0.4 is 15.0 Å². The van der Waals surface area contributed by atoms with Gasteiger partial charge < -0.3 is 10.1 Å². The summed E-state index contributed by atoms with van der Waals surface area (Å²) in [6.45, 7) is 0.805. The lowest BCUT2D eigenvalue weighted by atomic mass is 10.1. The highest BCUT2D eigenvalue weighted by Crippen LogP contribution is 2.34. The molecule has 3 amide bonds. The Bertz CT molecular complexity index is 1350. The molecule has 2 heterocycles. The van der Waals surface area contributed by atoms with E-state index in [0.29, 0.717) is 30.0 Å². The summed E-state index contributed by atoms with van der Waals surface area (Å²) in [5.74, 6) is 0.240. The van der Waals surface area contributed by atoms with E-state index in [2.05, 4.69) is 10.3 Å². The number of rotatable bonds is 8. The number of hydrogen-bond acceptors (Lipinski definition) is 7. The molecule has 0 atom stereocenters. The molecule has 5 rings (SSSR count). The minimum Gasteiger partial charge on any atom is -0.492 e. The molecule has 34 heavy (non-hydrogen) atoms. The van der Waals surface area contributed by atoms with Crippen molar-refractivity contribution in [3.8, 4) is 5.75 Å². The molecule has 0 aliphatic carbocycles. The zero-order valence-electron chi connectivity index (χ0n) is 17.9. The normalized spacial score (nSPS) is 12.8. The first-order chi connectivity index (χ1) is 16.6. The van der Waals surface area contributed by atoms with Crippen LogP contribution >= 0.6 is 23.1 Å². The van der Waals surface area contributed by atoms with Gasteiger partial charge in [0, 0.05) is 0 Å². The monoisotopic (exact) mass is 489 g/mol. The van der Waals surface area contributed by atoms with E-state index in [9.17, 15) is 14.4 Å². The average Bonchev–Trinajstić information content (AvgIpc) is 3.39. The Kier molecular flexibility index (Phi) is 6.29. The van der Waals surface area contributed by atoms with Gasteiger partial charge in [0.15, 0.2) is 4.34 Å². The molecule has 0 bridgehead atoms. The van der Waals surface area contributed by atoms with Crippen LogP contribution in [0.1, 0.15) is 20.7 Å². The van der Waals surface area contributed by atoms with Crippen LogP contribution in [0.2, 0.25) is 0 Å². The Morgan fingerprint density at radius 1 is 0.971 bits per heavy atom. The van der Waals surface area contributed by atoms with Gasteiger partial charge in [-0.05, 0) is 42.5 Å². The summed E-state index contributed by atoms with van der Waals surface area (Å²) in [5.41, 5.74) is 2.08. The number of benzene rings is 3. The van der Waals surface area contributed by atoms with Gasteiger partial charge in [-0.1, -0.05) is 42.1 Å². The van der Waals surface area contributed by atoms with Crippen molar-refractivity contribution in [3.63, 3.8) is 0 Å². The van der Waals surface area contributed by atoms with Gasteiger partial charge in [0.2, 0.25) is 5.91 Å². The van der Waals surface area contributed by atoms with Crippen LogP contribution in [0, 0.1) is 0 Å². The van der Waals surface area contributed by atoms with Crippen molar-refractivity contribution in [2.45, 2.75) is 4.34 Å². The molecule has 0 saturated heterocycles. The van der Waals surface area contributed by atoms with Crippen LogP contribution in [0.4, 0.5) is 5.69 Å². The Morgan fingerprint density at radius 2 is 1.68 bits per heavy atom. The lowest BCUT2D eigenvalue weighted by Crippen LogP contribution is -2.29. The highest BCUT2D eigenvalue weighted by Gasteiger charge is 2.36. The van der Waals surface area contributed by atoms with Crippen molar-refractivity contribution in [2.24, 2.45) is 0 Å². The third-order valence-electron chi connectivity index (χ3n) is 5.17. The fraction of sp³-hybridized carbons (Fsp3) is 0.120. The van der Waals surface area contributed by atoms with Crippen LogP contribution in [0.15, 0.2) is 77.1 Å². The van der Waals surface area contributed by atoms with Gasteiger partial charge in [-0.2, -0.15) is 0 Å². The molecular formula is C25H19N3O4S2. The number of nitrogens with one attached hydrogen (secondary N) is 1. The summed E-state index contributed by atoms with van der Waals surface area (Å²) >= 11 is 2.77. The molecule has 0 radical (unpaired) electrons. The molecule has 170 valence electrons. The highest BCUT2D eigenvalue weighted by molar-refractivity contribution is 8.01. The summed E-state index contributed by atoms with van der Waals surface area (Å²) < 4.78 is 7.15. The van der Waals surface area contributed by atoms with E-state index in [1.165, 1.54) is 28.0 Å². The number of para-hydroxylation sites is 1. The molecule has 0 spiro atoms. The van der Waals surface area contributed by atoms with Crippen LogP contribution in [0.3, 0.4) is 0 Å². The molecule has 1 aromatic heterocycles. The van der Waals surface area contributed by atoms with Crippen molar-refractivity contribution in [1.82, 2.24) is 10.3 Å². The molecule has 1 N–H and O–H groups in total. The number of fused-ring (bicyclic) bond motifs is 2. The zero-order valence-corrected chi connectivity index (χ0v) is 19.5. The third kappa shape index (κ3) is 4.52. The first kappa shape index (κ1) is 22.1. The van der Waals surface area contributed by atoms with Crippen molar-refractivity contribution in [1.29, 1.82) is 0 Å². The van der Waals surface area contributed by atoms with Crippen molar-refractivity contribution >= 4 is 56.7 Å².